The Labute approximate surface area is 168 Å². The van der Waals surface area contributed by atoms with Crippen LogP contribution in [-0.4, -0.2) is 56.6 Å². The van der Waals surface area contributed by atoms with Crippen LogP contribution in [0.4, 0.5) is 0 Å². The number of piperidine rings is 1. The van der Waals surface area contributed by atoms with Crippen molar-refractivity contribution in [2.75, 3.05) is 25.4 Å². The number of primary amides is 1. The summed E-state index contributed by atoms with van der Waals surface area (Å²) in [7, 11) is -3.39. The first-order valence-electron chi connectivity index (χ1n) is 9.97. The Balaban J connectivity index is 2.09. The number of sulfone groups is 1. The maximum absolute atomic E-state index is 12.7. The number of hydrogen-bond donors (Lipinski definition) is 2. The van der Waals surface area contributed by atoms with Crippen molar-refractivity contribution < 1.29 is 13.2 Å². The lowest BCUT2D eigenvalue weighted by molar-refractivity contribution is -0.119. The fourth-order valence-corrected chi connectivity index (χ4v) is 5.14. The summed E-state index contributed by atoms with van der Waals surface area (Å²) in [5.41, 5.74) is 5.36. The van der Waals surface area contributed by atoms with E-state index in [9.17, 15) is 13.2 Å². The highest BCUT2D eigenvalue weighted by Crippen LogP contribution is 2.20. The monoisotopic (exact) mass is 408 g/mol. The number of nitrogens with zero attached hydrogens (tertiary/aromatic N) is 2. The molecule has 2 rings (SSSR count). The van der Waals surface area contributed by atoms with Gasteiger partial charge in [-0.2, -0.15) is 0 Å². The van der Waals surface area contributed by atoms with Crippen LogP contribution in [0.2, 0.25) is 0 Å². The van der Waals surface area contributed by atoms with Crippen LogP contribution in [0.3, 0.4) is 0 Å². The third-order valence-electron chi connectivity index (χ3n) is 4.97. The van der Waals surface area contributed by atoms with Gasteiger partial charge in [-0.1, -0.05) is 25.1 Å². The molecule has 28 heavy (non-hydrogen) atoms. The van der Waals surface area contributed by atoms with E-state index in [0.29, 0.717) is 36.8 Å². The second-order valence-electron chi connectivity index (χ2n) is 7.27. The highest BCUT2D eigenvalue weighted by atomic mass is 32.2. The smallest absolute Gasteiger partial charge is 0.217 e. The van der Waals surface area contributed by atoms with E-state index < -0.39 is 9.84 Å². The van der Waals surface area contributed by atoms with Gasteiger partial charge in [-0.15, -0.1) is 0 Å². The minimum atomic E-state index is -3.39. The van der Waals surface area contributed by atoms with Crippen molar-refractivity contribution in [1.29, 1.82) is 0 Å². The van der Waals surface area contributed by atoms with Crippen LogP contribution in [-0.2, 0) is 14.6 Å². The second kappa shape index (κ2) is 10.5. The fourth-order valence-electron chi connectivity index (χ4n) is 3.53. The summed E-state index contributed by atoms with van der Waals surface area (Å²) in [5, 5.41) is 3.35. The molecule has 1 aliphatic rings. The van der Waals surface area contributed by atoms with E-state index >= 15 is 0 Å². The van der Waals surface area contributed by atoms with Crippen molar-refractivity contribution in [1.82, 2.24) is 10.2 Å². The number of nitrogens with one attached hydrogen (secondary N) is 1. The average molecular weight is 409 g/mol. The molecule has 1 aromatic rings. The molecule has 1 heterocycles. The molecule has 2 atom stereocenters. The predicted molar refractivity (Wildman–Crippen MR) is 112 cm³/mol. The standard InChI is InChI=1S/C20H32N4O3S/c1-3-17(15-28(26,27)18-10-6-5-7-11-18)23-20(22-4-2)24-12-8-9-16(14-24)13-19(21)25/h5-7,10-11,16-17H,3-4,8-9,12-15H2,1-2H3,(H2,21,25)(H,22,23). The molecule has 8 heteroatoms. The molecule has 0 aliphatic carbocycles. The Morgan fingerprint density at radius 2 is 2.04 bits per heavy atom. The molecule has 0 saturated carbocycles. The fraction of sp³-hybridized carbons (Fsp3) is 0.600. The van der Waals surface area contributed by atoms with Gasteiger partial charge in [0, 0.05) is 32.1 Å². The minimum Gasteiger partial charge on any atom is -0.370 e. The van der Waals surface area contributed by atoms with E-state index in [-0.39, 0.29) is 23.6 Å². The highest BCUT2D eigenvalue weighted by molar-refractivity contribution is 7.91. The molecule has 0 radical (unpaired) electrons. The van der Waals surface area contributed by atoms with E-state index in [1.165, 1.54) is 0 Å². The van der Waals surface area contributed by atoms with E-state index in [1.54, 1.807) is 30.3 Å². The Kier molecular flexibility index (Phi) is 8.29. The quantitative estimate of drug-likeness (QED) is 0.504. The minimum absolute atomic E-state index is 0.00873. The summed E-state index contributed by atoms with van der Waals surface area (Å²) in [6.45, 7) is 6.06. The van der Waals surface area contributed by atoms with Gasteiger partial charge in [-0.25, -0.2) is 8.42 Å². The number of nitrogens with two attached hydrogens (primary N) is 1. The molecule has 1 fully saturated rings. The molecular weight excluding hydrogens is 376 g/mol. The first kappa shape index (κ1) is 22.2. The summed E-state index contributed by atoms with van der Waals surface area (Å²) in [4.78, 5) is 18.3. The van der Waals surface area contributed by atoms with E-state index in [4.69, 9.17) is 5.73 Å². The topological polar surface area (TPSA) is 105 Å². The molecule has 0 bridgehead atoms. The third kappa shape index (κ3) is 6.51. The van der Waals surface area contributed by atoms with Crippen molar-refractivity contribution in [3.05, 3.63) is 30.3 Å². The second-order valence-corrected chi connectivity index (χ2v) is 9.30. The Morgan fingerprint density at radius 3 is 2.64 bits per heavy atom. The maximum Gasteiger partial charge on any atom is 0.217 e. The lowest BCUT2D eigenvalue weighted by Gasteiger charge is -2.36. The van der Waals surface area contributed by atoms with Gasteiger partial charge in [0.25, 0.3) is 0 Å². The molecule has 3 N–H and O–H groups in total. The molecule has 2 unspecified atom stereocenters. The zero-order valence-electron chi connectivity index (χ0n) is 16.8. The van der Waals surface area contributed by atoms with Gasteiger partial charge in [0.2, 0.25) is 5.91 Å². The van der Waals surface area contributed by atoms with Crippen molar-refractivity contribution in [2.45, 2.75) is 50.5 Å². The van der Waals surface area contributed by atoms with Crippen LogP contribution < -0.4 is 11.1 Å². The SMILES string of the molecule is CCN=C(NC(CC)CS(=O)(=O)c1ccccc1)N1CCCC(CC(N)=O)C1. The van der Waals surface area contributed by atoms with Gasteiger partial charge in [0.1, 0.15) is 0 Å². The van der Waals surface area contributed by atoms with E-state index in [0.717, 1.165) is 19.4 Å². The first-order chi connectivity index (χ1) is 13.4. The molecule has 1 aliphatic heterocycles. The first-order valence-corrected chi connectivity index (χ1v) is 11.6. The van der Waals surface area contributed by atoms with E-state index in [2.05, 4.69) is 15.2 Å². The molecule has 0 spiro atoms. The molecular formula is C20H32N4O3S. The number of rotatable bonds is 8. The van der Waals surface area contributed by atoms with Crippen LogP contribution in [0.1, 0.15) is 39.5 Å². The largest absolute Gasteiger partial charge is 0.370 e. The highest BCUT2D eigenvalue weighted by Gasteiger charge is 2.26. The molecule has 0 aromatic heterocycles. The van der Waals surface area contributed by atoms with Crippen LogP contribution in [0.15, 0.2) is 40.2 Å². The zero-order chi connectivity index (χ0) is 20.6. The van der Waals surface area contributed by atoms with Crippen molar-refractivity contribution in [2.24, 2.45) is 16.6 Å². The predicted octanol–water partition coefficient (Wildman–Crippen LogP) is 1.79. The number of likely N-dealkylation sites (tertiary alicyclic amines) is 1. The van der Waals surface area contributed by atoms with Crippen molar-refractivity contribution >= 4 is 21.7 Å². The summed E-state index contributed by atoms with van der Waals surface area (Å²) in [6, 6.07) is 8.28. The van der Waals surface area contributed by atoms with Crippen LogP contribution >= 0.6 is 0 Å². The van der Waals surface area contributed by atoms with Crippen molar-refractivity contribution in [3.63, 3.8) is 0 Å². The van der Waals surface area contributed by atoms with Crippen molar-refractivity contribution in [3.8, 4) is 0 Å². The van der Waals surface area contributed by atoms with Crippen LogP contribution in [0.25, 0.3) is 0 Å². The summed E-state index contributed by atoms with van der Waals surface area (Å²) >= 11 is 0. The normalized spacial score (nSPS) is 19.3. The zero-order valence-corrected chi connectivity index (χ0v) is 17.6. The lowest BCUT2D eigenvalue weighted by atomic mass is 9.95. The summed E-state index contributed by atoms with van der Waals surface area (Å²) in [5.74, 6) is 0.652. The molecule has 7 nitrogen and oxygen atoms in total. The Bertz CT molecular complexity index is 765. The molecule has 1 aromatic carbocycles. The summed E-state index contributed by atoms with van der Waals surface area (Å²) < 4.78 is 25.5. The molecule has 1 saturated heterocycles. The number of benzene rings is 1. The lowest BCUT2D eigenvalue weighted by Crippen LogP contribution is -2.51. The molecule has 156 valence electrons. The van der Waals surface area contributed by atoms with Crippen LogP contribution in [0, 0.1) is 5.92 Å². The van der Waals surface area contributed by atoms with Crippen LogP contribution in [0.5, 0.6) is 0 Å². The number of hydrogen-bond acceptors (Lipinski definition) is 4. The number of guanidine groups is 1. The van der Waals surface area contributed by atoms with E-state index in [1.807, 2.05) is 13.8 Å². The number of carbonyl (C=O) groups is 1. The average Bonchev–Trinajstić information content (AvgIpc) is 2.67. The van der Waals surface area contributed by atoms with Gasteiger partial charge in [0.05, 0.1) is 10.6 Å². The van der Waals surface area contributed by atoms with Gasteiger partial charge in [0.15, 0.2) is 15.8 Å². The molecule has 1 amide bonds. The van der Waals surface area contributed by atoms with Gasteiger partial charge < -0.3 is 16.0 Å². The number of aliphatic imine (C=N–C) groups is 1. The maximum atomic E-state index is 12.7. The Hall–Kier alpha value is -2.09. The van der Waals surface area contributed by atoms with Gasteiger partial charge in [-0.3, -0.25) is 9.79 Å². The van der Waals surface area contributed by atoms with Gasteiger partial charge >= 0.3 is 0 Å². The number of amides is 1. The number of carbonyl (C=O) groups excluding carboxylic acids is 1. The van der Waals surface area contributed by atoms with Gasteiger partial charge in [-0.05, 0) is 44.2 Å². The third-order valence-corrected chi connectivity index (χ3v) is 6.80. The summed E-state index contributed by atoms with van der Waals surface area (Å²) in [6.07, 6.45) is 2.96. The Morgan fingerprint density at radius 1 is 1.32 bits per heavy atom.